The molecule has 6 nitrogen and oxygen atoms in total. The summed E-state index contributed by atoms with van der Waals surface area (Å²) in [6.07, 6.45) is 3.98. The van der Waals surface area contributed by atoms with Gasteiger partial charge in [-0.1, -0.05) is 36.4 Å². The van der Waals surface area contributed by atoms with E-state index in [9.17, 15) is 9.18 Å². The van der Waals surface area contributed by atoms with Gasteiger partial charge in [0.2, 0.25) is 0 Å². The lowest BCUT2D eigenvalue weighted by molar-refractivity contribution is 0.194. The molecule has 3 aromatic carbocycles. The number of nitrogens with zero attached hydrogens (tertiary/aromatic N) is 4. The van der Waals surface area contributed by atoms with Crippen LogP contribution in [0.2, 0.25) is 0 Å². The summed E-state index contributed by atoms with van der Waals surface area (Å²) in [5, 5.41) is 7.95. The van der Waals surface area contributed by atoms with Gasteiger partial charge in [0.1, 0.15) is 11.6 Å². The number of fused-ring (bicyclic) bond motifs is 3. The molecule has 0 unspecified atom stereocenters. The van der Waals surface area contributed by atoms with Gasteiger partial charge in [-0.25, -0.2) is 13.9 Å². The number of aromatic nitrogens is 3. The maximum absolute atomic E-state index is 14.5. The van der Waals surface area contributed by atoms with Crippen LogP contribution in [0.1, 0.15) is 28.6 Å². The van der Waals surface area contributed by atoms with Crippen LogP contribution in [-0.2, 0) is 6.54 Å². The van der Waals surface area contributed by atoms with Crippen LogP contribution < -0.4 is 5.32 Å². The summed E-state index contributed by atoms with van der Waals surface area (Å²) in [6, 6.07) is 27.3. The van der Waals surface area contributed by atoms with Gasteiger partial charge in [-0.15, -0.1) is 11.8 Å². The smallest absolute Gasteiger partial charge is 0.308 e. The average Bonchev–Trinajstić information content (AvgIpc) is 3.49. The Morgan fingerprint density at radius 3 is 2.61 bits per heavy atom. The molecule has 0 saturated carbocycles. The van der Waals surface area contributed by atoms with E-state index in [-0.39, 0.29) is 11.8 Å². The number of para-hydroxylation sites is 1. The second-order valence-corrected chi connectivity index (χ2v) is 10.1. The van der Waals surface area contributed by atoms with Gasteiger partial charge in [-0.05, 0) is 73.3 Å². The van der Waals surface area contributed by atoms with Crippen LogP contribution in [-0.4, -0.2) is 31.5 Å². The molecule has 1 aliphatic heterocycles. The van der Waals surface area contributed by atoms with E-state index < -0.39 is 6.04 Å². The number of halogens is 1. The van der Waals surface area contributed by atoms with Gasteiger partial charge in [0.15, 0.2) is 0 Å². The monoisotopic (exact) mass is 523 g/mol. The first-order valence-corrected chi connectivity index (χ1v) is 13.5. The number of amides is 2. The number of thioether (sulfide) groups is 1. The topological polar surface area (TPSA) is 55.1 Å². The van der Waals surface area contributed by atoms with E-state index in [0.717, 1.165) is 33.4 Å². The number of nitrogens with one attached hydrogen (secondary N) is 1. The van der Waals surface area contributed by atoms with Crippen LogP contribution in [0.3, 0.4) is 0 Å². The molecule has 38 heavy (non-hydrogen) atoms. The maximum atomic E-state index is 14.5. The molecule has 0 radical (unpaired) electrons. The first-order chi connectivity index (χ1) is 18.5. The fraction of sp³-hybridized carbons (Fsp3) is 0.133. The van der Waals surface area contributed by atoms with Gasteiger partial charge >= 0.3 is 6.03 Å². The first kappa shape index (κ1) is 24.1. The quantitative estimate of drug-likeness (QED) is 0.259. The van der Waals surface area contributed by atoms with E-state index in [1.807, 2.05) is 96.9 Å². The largest absolute Gasteiger partial charge is 0.322 e. The van der Waals surface area contributed by atoms with E-state index in [0.29, 0.717) is 17.8 Å². The van der Waals surface area contributed by atoms with Crippen molar-refractivity contribution in [3.63, 3.8) is 0 Å². The van der Waals surface area contributed by atoms with Crippen molar-refractivity contribution in [1.29, 1.82) is 0 Å². The number of rotatable bonds is 4. The number of benzene rings is 3. The zero-order valence-corrected chi connectivity index (χ0v) is 21.8. The van der Waals surface area contributed by atoms with Crippen LogP contribution in [0.25, 0.3) is 11.5 Å². The Hall–Kier alpha value is -4.30. The second-order valence-electron chi connectivity index (χ2n) is 9.19. The molecule has 0 saturated heterocycles. The fourth-order valence-electron chi connectivity index (χ4n) is 5.07. The average molecular weight is 524 g/mol. The number of carbonyl (C=O) groups is 1. The Kier molecular flexibility index (Phi) is 6.25. The van der Waals surface area contributed by atoms with Crippen molar-refractivity contribution in [1.82, 2.24) is 19.2 Å². The molecule has 2 amide bonds. The minimum Gasteiger partial charge on any atom is -0.308 e. The van der Waals surface area contributed by atoms with Crippen molar-refractivity contribution in [2.24, 2.45) is 0 Å². The normalized spacial score (nSPS) is 14.5. The fourth-order valence-corrected chi connectivity index (χ4v) is 5.53. The van der Waals surface area contributed by atoms with Gasteiger partial charge in [0.05, 0.1) is 29.7 Å². The third kappa shape index (κ3) is 4.26. The van der Waals surface area contributed by atoms with E-state index in [1.165, 1.54) is 12.1 Å². The van der Waals surface area contributed by atoms with Gasteiger partial charge in [0.25, 0.3) is 0 Å². The lowest BCUT2D eigenvalue weighted by atomic mass is 10.0. The highest BCUT2D eigenvalue weighted by atomic mass is 32.2. The Labute approximate surface area is 224 Å². The molecule has 0 aliphatic carbocycles. The van der Waals surface area contributed by atoms with E-state index >= 15 is 0 Å². The van der Waals surface area contributed by atoms with Crippen molar-refractivity contribution in [2.75, 3.05) is 11.6 Å². The summed E-state index contributed by atoms with van der Waals surface area (Å²) < 4.78 is 18.5. The molecule has 1 atom stereocenters. The van der Waals surface area contributed by atoms with Crippen molar-refractivity contribution < 1.29 is 9.18 Å². The zero-order chi connectivity index (χ0) is 26.2. The molecule has 5 aromatic rings. The van der Waals surface area contributed by atoms with Crippen molar-refractivity contribution in [3.05, 3.63) is 126 Å². The van der Waals surface area contributed by atoms with Gasteiger partial charge in [-0.2, -0.15) is 5.10 Å². The standard InChI is InChI=1S/C30H26FN5OS/c1-20-26-19-35(30(37)32-23-11-7-14-25(18-23)38-2)28(21-9-6-10-22(31)17-21)27-15-8-16-34(27)29(26)36(33-20)24-12-4-3-5-13-24/h3-18,28H,19H2,1-2H3,(H,32,37)/t28-/m1/s1. The lowest BCUT2D eigenvalue weighted by Crippen LogP contribution is -2.38. The highest BCUT2D eigenvalue weighted by Crippen LogP contribution is 2.39. The molecular weight excluding hydrogens is 497 g/mol. The Bertz CT molecular complexity index is 1630. The third-order valence-corrected chi connectivity index (χ3v) is 7.56. The Balaban J connectivity index is 1.52. The molecule has 190 valence electrons. The van der Waals surface area contributed by atoms with Crippen LogP contribution in [0.5, 0.6) is 0 Å². The SMILES string of the molecule is CSc1cccc(NC(=O)N2Cc3c(C)nn(-c4ccccc4)c3-n3cccc3[C@H]2c2cccc(F)c2)c1. The number of carbonyl (C=O) groups excluding carboxylic acids is 1. The second kappa shape index (κ2) is 9.87. The van der Waals surface area contributed by atoms with Crippen molar-refractivity contribution in [3.8, 4) is 11.5 Å². The van der Waals surface area contributed by atoms with Crippen LogP contribution >= 0.6 is 11.8 Å². The molecule has 1 N–H and O–H groups in total. The number of urea groups is 1. The molecule has 6 rings (SSSR count). The minimum absolute atomic E-state index is 0.273. The van der Waals surface area contributed by atoms with Crippen molar-refractivity contribution in [2.45, 2.75) is 24.4 Å². The van der Waals surface area contributed by atoms with Crippen LogP contribution in [0.4, 0.5) is 14.9 Å². The first-order valence-electron chi connectivity index (χ1n) is 12.3. The van der Waals surface area contributed by atoms with Gasteiger partial charge in [-0.3, -0.25) is 0 Å². The number of aryl methyl sites for hydroxylation is 1. The predicted octanol–water partition coefficient (Wildman–Crippen LogP) is 6.97. The van der Waals surface area contributed by atoms with Gasteiger partial charge in [0, 0.05) is 22.3 Å². The van der Waals surface area contributed by atoms with Crippen molar-refractivity contribution >= 4 is 23.5 Å². The van der Waals surface area contributed by atoms with Crippen LogP contribution in [0.15, 0.2) is 102 Å². The Morgan fingerprint density at radius 1 is 1.00 bits per heavy atom. The number of hydrogen-bond donors (Lipinski definition) is 1. The van der Waals surface area contributed by atoms with E-state index in [2.05, 4.69) is 9.88 Å². The number of hydrogen-bond acceptors (Lipinski definition) is 3. The minimum atomic E-state index is -0.527. The predicted molar refractivity (Wildman–Crippen MR) is 149 cm³/mol. The molecule has 0 spiro atoms. The summed E-state index contributed by atoms with van der Waals surface area (Å²) in [7, 11) is 0. The summed E-state index contributed by atoms with van der Waals surface area (Å²) >= 11 is 1.61. The molecule has 0 fully saturated rings. The molecule has 0 bridgehead atoms. The summed E-state index contributed by atoms with van der Waals surface area (Å²) in [6.45, 7) is 2.26. The zero-order valence-electron chi connectivity index (χ0n) is 21.0. The summed E-state index contributed by atoms with van der Waals surface area (Å²) in [4.78, 5) is 16.8. The third-order valence-electron chi connectivity index (χ3n) is 6.83. The van der Waals surface area contributed by atoms with Crippen LogP contribution in [0, 0.1) is 12.7 Å². The Morgan fingerprint density at radius 2 is 1.82 bits per heavy atom. The lowest BCUT2D eigenvalue weighted by Gasteiger charge is -2.31. The van der Waals surface area contributed by atoms with E-state index in [1.54, 1.807) is 22.7 Å². The molecular formula is C30H26FN5OS. The highest BCUT2D eigenvalue weighted by Gasteiger charge is 2.36. The number of anilines is 1. The summed E-state index contributed by atoms with van der Waals surface area (Å²) in [5.74, 6) is 0.525. The molecule has 8 heteroatoms. The maximum Gasteiger partial charge on any atom is 0.322 e. The molecule has 3 heterocycles. The molecule has 2 aromatic heterocycles. The van der Waals surface area contributed by atoms with Gasteiger partial charge < -0.3 is 14.8 Å². The summed E-state index contributed by atoms with van der Waals surface area (Å²) in [5.41, 5.74) is 4.92. The van der Waals surface area contributed by atoms with E-state index in [4.69, 9.17) is 5.10 Å². The highest BCUT2D eigenvalue weighted by molar-refractivity contribution is 7.98. The molecule has 1 aliphatic rings.